The number of ether oxygens (including phenoxy) is 2. The second kappa shape index (κ2) is 8.28. The van der Waals surface area contributed by atoms with Crippen LogP contribution in [0.25, 0.3) is 10.8 Å². The molecule has 0 aliphatic heterocycles. The van der Waals surface area contributed by atoms with Crippen molar-refractivity contribution in [2.24, 2.45) is 0 Å². The fraction of sp³-hybridized carbons (Fsp3) is 0.474. The first kappa shape index (κ1) is 17.0. The monoisotopic (exact) mass is 320 g/mol. The van der Waals surface area contributed by atoms with Crippen LogP contribution in [0.15, 0.2) is 30.3 Å². The summed E-state index contributed by atoms with van der Waals surface area (Å²) >= 11 is 5.70. The summed E-state index contributed by atoms with van der Waals surface area (Å²) in [6.07, 6.45) is 3.34. The summed E-state index contributed by atoms with van der Waals surface area (Å²) in [5.41, 5.74) is 1.11. The Balaban J connectivity index is 2.24. The van der Waals surface area contributed by atoms with Crippen molar-refractivity contribution in [3.8, 4) is 11.5 Å². The highest BCUT2D eigenvalue weighted by atomic mass is 35.5. The molecule has 0 radical (unpaired) electrons. The molecule has 2 aromatic carbocycles. The van der Waals surface area contributed by atoms with E-state index in [4.69, 9.17) is 21.1 Å². The van der Waals surface area contributed by atoms with Gasteiger partial charge in [0.05, 0.1) is 12.7 Å². The minimum atomic E-state index is 0.157. The van der Waals surface area contributed by atoms with Gasteiger partial charge in [-0.15, -0.1) is 11.6 Å². The number of benzene rings is 2. The summed E-state index contributed by atoms with van der Waals surface area (Å²) in [6, 6.07) is 10.4. The van der Waals surface area contributed by atoms with Gasteiger partial charge in [-0.1, -0.05) is 24.3 Å². The van der Waals surface area contributed by atoms with E-state index in [1.165, 1.54) is 0 Å². The SMILES string of the molecule is Cc1cc(OCCCCCCl)c2ccccc2c1OC(C)C. The topological polar surface area (TPSA) is 18.5 Å². The molecule has 22 heavy (non-hydrogen) atoms. The highest BCUT2D eigenvalue weighted by Gasteiger charge is 2.12. The summed E-state index contributed by atoms with van der Waals surface area (Å²) in [7, 11) is 0. The molecule has 0 saturated heterocycles. The predicted molar refractivity (Wildman–Crippen MR) is 94.5 cm³/mol. The fourth-order valence-corrected chi connectivity index (χ4v) is 2.70. The van der Waals surface area contributed by atoms with Crippen LogP contribution < -0.4 is 9.47 Å². The van der Waals surface area contributed by atoms with E-state index < -0.39 is 0 Å². The highest BCUT2D eigenvalue weighted by molar-refractivity contribution is 6.17. The molecule has 2 rings (SSSR count). The Morgan fingerprint density at radius 2 is 1.77 bits per heavy atom. The molecule has 0 saturated carbocycles. The average molecular weight is 321 g/mol. The lowest BCUT2D eigenvalue weighted by Gasteiger charge is -2.18. The van der Waals surface area contributed by atoms with Gasteiger partial charge in [0.1, 0.15) is 11.5 Å². The quantitative estimate of drug-likeness (QED) is 0.457. The zero-order valence-corrected chi connectivity index (χ0v) is 14.5. The molecule has 0 fully saturated rings. The Bertz CT molecular complexity index is 608. The van der Waals surface area contributed by atoms with Crippen molar-refractivity contribution in [1.29, 1.82) is 0 Å². The lowest BCUT2D eigenvalue weighted by Crippen LogP contribution is -2.07. The maximum atomic E-state index is 6.01. The summed E-state index contributed by atoms with van der Waals surface area (Å²) in [5.74, 6) is 2.62. The van der Waals surface area contributed by atoms with Crippen molar-refractivity contribution in [2.45, 2.75) is 46.1 Å². The molecule has 0 bridgehead atoms. The first-order chi connectivity index (χ1) is 10.6. The van der Waals surface area contributed by atoms with Crippen LogP contribution in [0.2, 0.25) is 0 Å². The van der Waals surface area contributed by atoms with E-state index in [9.17, 15) is 0 Å². The summed E-state index contributed by atoms with van der Waals surface area (Å²) < 4.78 is 12.0. The largest absolute Gasteiger partial charge is 0.493 e. The zero-order valence-electron chi connectivity index (χ0n) is 13.7. The Morgan fingerprint density at radius 1 is 1.05 bits per heavy atom. The van der Waals surface area contributed by atoms with Crippen molar-refractivity contribution >= 4 is 22.4 Å². The lowest BCUT2D eigenvalue weighted by atomic mass is 10.0. The van der Waals surface area contributed by atoms with E-state index in [1.807, 2.05) is 12.1 Å². The summed E-state index contributed by atoms with van der Waals surface area (Å²) in [4.78, 5) is 0. The zero-order chi connectivity index (χ0) is 15.9. The van der Waals surface area contributed by atoms with Crippen molar-refractivity contribution in [2.75, 3.05) is 12.5 Å². The smallest absolute Gasteiger partial charge is 0.130 e. The number of alkyl halides is 1. The lowest BCUT2D eigenvalue weighted by molar-refractivity contribution is 0.243. The van der Waals surface area contributed by atoms with E-state index in [-0.39, 0.29) is 6.10 Å². The molecule has 0 atom stereocenters. The molecule has 3 heteroatoms. The Kier molecular flexibility index (Phi) is 6.38. The van der Waals surface area contributed by atoms with Crippen LogP contribution in [0.4, 0.5) is 0 Å². The van der Waals surface area contributed by atoms with Gasteiger partial charge in [0.25, 0.3) is 0 Å². The van der Waals surface area contributed by atoms with Gasteiger partial charge >= 0.3 is 0 Å². The van der Waals surface area contributed by atoms with Gasteiger partial charge in [0, 0.05) is 16.7 Å². The molecule has 0 unspecified atom stereocenters. The fourth-order valence-electron chi connectivity index (χ4n) is 2.52. The molecule has 120 valence electrons. The Morgan fingerprint density at radius 3 is 2.45 bits per heavy atom. The van der Waals surface area contributed by atoms with Gasteiger partial charge in [0.2, 0.25) is 0 Å². The van der Waals surface area contributed by atoms with Crippen LogP contribution in [-0.4, -0.2) is 18.6 Å². The second-order valence-electron chi connectivity index (χ2n) is 5.83. The molecule has 2 nitrogen and oxygen atoms in total. The maximum Gasteiger partial charge on any atom is 0.130 e. The van der Waals surface area contributed by atoms with Gasteiger partial charge in [-0.3, -0.25) is 0 Å². The van der Waals surface area contributed by atoms with Gasteiger partial charge < -0.3 is 9.47 Å². The number of rotatable bonds is 8. The number of hydrogen-bond donors (Lipinski definition) is 0. The molecule has 0 spiro atoms. The van der Waals surface area contributed by atoms with E-state index in [2.05, 4.69) is 39.0 Å². The van der Waals surface area contributed by atoms with E-state index in [1.54, 1.807) is 0 Å². The third-order valence-corrected chi connectivity index (χ3v) is 3.80. The molecule has 0 amide bonds. The summed E-state index contributed by atoms with van der Waals surface area (Å²) in [5, 5.41) is 2.23. The Labute approximate surface area is 138 Å². The number of hydrogen-bond acceptors (Lipinski definition) is 2. The minimum absolute atomic E-state index is 0.157. The summed E-state index contributed by atoms with van der Waals surface area (Å²) in [6.45, 7) is 6.90. The van der Waals surface area contributed by atoms with Crippen LogP contribution in [-0.2, 0) is 0 Å². The average Bonchev–Trinajstić information content (AvgIpc) is 2.50. The van der Waals surface area contributed by atoms with Gasteiger partial charge in [-0.2, -0.15) is 0 Å². The first-order valence-corrected chi connectivity index (χ1v) is 8.54. The number of fused-ring (bicyclic) bond motifs is 1. The van der Waals surface area contributed by atoms with E-state index >= 15 is 0 Å². The molecule has 2 aromatic rings. The van der Waals surface area contributed by atoms with Crippen LogP contribution in [0.1, 0.15) is 38.7 Å². The van der Waals surface area contributed by atoms with Crippen molar-refractivity contribution in [3.63, 3.8) is 0 Å². The van der Waals surface area contributed by atoms with Crippen LogP contribution in [0.5, 0.6) is 11.5 Å². The number of halogens is 1. The molecule has 0 N–H and O–H groups in total. The van der Waals surface area contributed by atoms with Gasteiger partial charge in [-0.25, -0.2) is 0 Å². The van der Waals surface area contributed by atoms with Crippen molar-refractivity contribution in [1.82, 2.24) is 0 Å². The number of aryl methyl sites for hydroxylation is 1. The van der Waals surface area contributed by atoms with Crippen molar-refractivity contribution in [3.05, 3.63) is 35.9 Å². The van der Waals surface area contributed by atoms with E-state index in [0.717, 1.165) is 59.6 Å². The molecular weight excluding hydrogens is 296 g/mol. The molecule has 0 aromatic heterocycles. The van der Waals surface area contributed by atoms with E-state index in [0.29, 0.717) is 0 Å². The van der Waals surface area contributed by atoms with Crippen LogP contribution in [0, 0.1) is 6.92 Å². The maximum absolute atomic E-state index is 6.01. The third-order valence-electron chi connectivity index (χ3n) is 3.53. The predicted octanol–water partition coefficient (Wildman–Crippen LogP) is 5.72. The highest BCUT2D eigenvalue weighted by Crippen LogP contribution is 2.37. The minimum Gasteiger partial charge on any atom is -0.493 e. The molecule has 0 heterocycles. The molecule has 0 aliphatic rings. The van der Waals surface area contributed by atoms with Crippen LogP contribution in [0.3, 0.4) is 0 Å². The van der Waals surface area contributed by atoms with Crippen molar-refractivity contribution < 1.29 is 9.47 Å². The first-order valence-electron chi connectivity index (χ1n) is 8.01. The molecular formula is C19H25ClO2. The van der Waals surface area contributed by atoms with Gasteiger partial charge in [0.15, 0.2) is 0 Å². The normalized spacial score (nSPS) is 11.1. The third kappa shape index (κ3) is 4.30. The Hall–Kier alpha value is -1.41. The standard InChI is InChI=1S/C19H25ClO2/c1-14(2)22-19-15(3)13-18(21-12-8-4-7-11-20)16-9-5-6-10-17(16)19/h5-6,9-10,13-14H,4,7-8,11-12H2,1-3H3. The second-order valence-corrected chi connectivity index (χ2v) is 6.21. The molecule has 0 aliphatic carbocycles. The number of unbranched alkanes of at least 4 members (excludes halogenated alkanes) is 2. The van der Waals surface area contributed by atoms with Gasteiger partial charge in [-0.05, 0) is 51.7 Å². The van der Waals surface area contributed by atoms with Crippen LogP contribution >= 0.6 is 11.6 Å².